The van der Waals surface area contributed by atoms with E-state index in [1.54, 1.807) is 13.8 Å². The first-order valence-electron chi connectivity index (χ1n) is 6.38. The van der Waals surface area contributed by atoms with Crippen molar-refractivity contribution < 1.29 is 13.9 Å². The first-order chi connectivity index (χ1) is 9.77. The molecule has 1 amide bonds. The fraction of sp³-hybridized carbons (Fsp3) is 0.500. The second-order valence-electron chi connectivity index (χ2n) is 5.27. The number of rotatable bonds is 3. The smallest absolute Gasteiger partial charge is 0.258 e. The monoisotopic (exact) mass is 445 g/mol. The van der Waals surface area contributed by atoms with Gasteiger partial charge in [0.1, 0.15) is 18.5 Å². The van der Waals surface area contributed by atoms with E-state index < -0.39 is 35.3 Å². The average molecular weight is 446 g/mol. The Morgan fingerprint density at radius 3 is 2.48 bits per heavy atom. The number of amides is 1. The number of alkyl halides is 3. The first kappa shape index (κ1) is 17.2. The lowest BCUT2D eigenvalue weighted by molar-refractivity contribution is -0.145. The molecule has 21 heavy (non-hydrogen) atoms. The van der Waals surface area contributed by atoms with Crippen molar-refractivity contribution >= 4 is 51.7 Å². The van der Waals surface area contributed by atoms with Crippen LogP contribution in [0.2, 0.25) is 0 Å². The standard InChI is InChI=1S/C14H15Cl2FINO2/c1-14(2)19(13(20)12(15)16)10(7-17)11(21-14)8-3-5-9(18)6-4-8/h3-6,10-12H,7H2,1-2H3/t10-,11?/m1/s1. The highest BCUT2D eigenvalue weighted by Crippen LogP contribution is 2.42. The quantitative estimate of drug-likeness (QED) is 0.518. The predicted octanol–water partition coefficient (Wildman–Crippen LogP) is 4.07. The van der Waals surface area contributed by atoms with Crippen molar-refractivity contribution in [1.29, 1.82) is 0 Å². The molecule has 0 N–H and O–H groups in total. The molecule has 1 fully saturated rings. The van der Waals surface area contributed by atoms with Gasteiger partial charge in [-0.05, 0) is 54.1 Å². The van der Waals surface area contributed by atoms with Crippen molar-refractivity contribution in [2.45, 2.75) is 36.6 Å². The van der Waals surface area contributed by atoms with Crippen molar-refractivity contribution in [2.75, 3.05) is 6.67 Å². The van der Waals surface area contributed by atoms with Gasteiger partial charge >= 0.3 is 0 Å². The van der Waals surface area contributed by atoms with Crippen molar-refractivity contribution in [1.82, 2.24) is 4.90 Å². The summed E-state index contributed by atoms with van der Waals surface area (Å²) in [7, 11) is 0. The van der Waals surface area contributed by atoms with E-state index in [2.05, 4.69) is 22.6 Å². The fourth-order valence-electron chi connectivity index (χ4n) is 2.61. The average Bonchev–Trinajstić information content (AvgIpc) is 2.69. The molecule has 1 aliphatic heterocycles. The molecule has 0 spiro atoms. The molecule has 0 aliphatic carbocycles. The normalized spacial score (nSPS) is 24.6. The van der Waals surface area contributed by atoms with Crippen LogP contribution >= 0.6 is 45.8 Å². The summed E-state index contributed by atoms with van der Waals surface area (Å²) in [6.45, 7) is 2.68. The van der Waals surface area contributed by atoms with Gasteiger partial charge in [0, 0.05) is 3.57 Å². The molecule has 2 rings (SSSR count). The summed E-state index contributed by atoms with van der Waals surface area (Å²) in [6, 6.07) is 6.83. The van der Waals surface area contributed by atoms with Gasteiger partial charge in [-0.3, -0.25) is 4.79 Å². The molecule has 1 saturated heterocycles. The van der Waals surface area contributed by atoms with Crippen LogP contribution in [0.1, 0.15) is 25.5 Å². The maximum atomic E-state index is 13.6. The van der Waals surface area contributed by atoms with Crippen LogP contribution < -0.4 is 0 Å². The molecule has 0 bridgehead atoms. The second kappa shape index (κ2) is 6.56. The van der Waals surface area contributed by atoms with E-state index in [0.29, 0.717) is 0 Å². The lowest BCUT2D eigenvalue weighted by Crippen LogP contribution is -2.50. The number of ether oxygens (including phenoxy) is 1. The maximum Gasteiger partial charge on any atom is 0.258 e. The lowest BCUT2D eigenvalue weighted by atomic mass is 10.0. The summed E-state index contributed by atoms with van der Waals surface area (Å²) in [4.78, 5) is 12.2. The van der Waals surface area contributed by atoms with E-state index in [0.717, 1.165) is 9.13 Å². The van der Waals surface area contributed by atoms with Crippen LogP contribution in [0, 0.1) is 3.57 Å². The molecule has 116 valence electrons. The summed E-state index contributed by atoms with van der Waals surface area (Å²) >= 11 is 13.5. The van der Waals surface area contributed by atoms with Gasteiger partial charge in [0.2, 0.25) is 0 Å². The number of benzene rings is 1. The van der Waals surface area contributed by atoms with E-state index in [-0.39, 0.29) is 0 Å². The van der Waals surface area contributed by atoms with Gasteiger partial charge in [-0.1, -0.05) is 35.3 Å². The topological polar surface area (TPSA) is 29.5 Å². The molecule has 3 nitrogen and oxygen atoms in total. The Bertz CT molecular complexity index is 524. The Balaban J connectivity index is 2.37. The van der Waals surface area contributed by atoms with E-state index >= 15 is 0 Å². The van der Waals surface area contributed by atoms with Crippen LogP contribution in [0.3, 0.4) is 0 Å². The third kappa shape index (κ3) is 3.46. The van der Waals surface area contributed by atoms with Gasteiger partial charge < -0.3 is 9.64 Å². The molecule has 0 radical (unpaired) electrons. The van der Waals surface area contributed by atoms with Crippen LogP contribution in [0.25, 0.3) is 0 Å². The third-order valence-electron chi connectivity index (χ3n) is 3.46. The molecule has 1 aliphatic rings. The van der Waals surface area contributed by atoms with Crippen molar-refractivity contribution in [3.8, 4) is 0 Å². The highest BCUT2D eigenvalue weighted by Gasteiger charge is 2.51. The summed E-state index contributed by atoms with van der Waals surface area (Å²) in [5.74, 6) is -0.543. The number of carbonyl (C=O) groups is 1. The Hall–Kier alpha value is -0.110. The largest absolute Gasteiger partial charge is 0.346 e. The minimum absolute atomic E-state index is 0.543. The zero-order chi connectivity index (χ0) is 15.8. The molecular weight excluding hydrogens is 431 g/mol. The SMILES string of the molecule is CC1(C)OC(c2ccc(I)cc2)[C@@H](CF)N1C(=O)C(Cl)Cl. The molecule has 1 aromatic rings. The van der Waals surface area contributed by atoms with Crippen molar-refractivity contribution in [2.24, 2.45) is 0 Å². The Morgan fingerprint density at radius 1 is 1.43 bits per heavy atom. The van der Waals surface area contributed by atoms with Crippen molar-refractivity contribution in [3.05, 3.63) is 33.4 Å². The summed E-state index contributed by atoms with van der Waals surface area (Å²) < 4.78 is 20.5. The van der Waals surface area contributed by atoms with E-state index in [1.165, 1.54) is 4.90 Å². The minimum Gasteiger partial charge on any atom is -0.346 e. The number of nitrogens with zero attached hydrogens (tertiary/aromatic N) is 1. The third-order valence-corrected chi connectivity index (χ3v) is 4.55. The van der Waals surface area contributed by atoms with E-state index in [1.807, 2.05) is 24.3 Å². The fourth-order valence-corrected chi connectivity index (χ4v) is 3.18. The van der Waals surface area contributed by atoms with Gasteiger partial charge in [-0.25, -0.2) is 4.39 Å². The molecule has 7 heteroatoms. The van der Waals surface area contributed by atoms with E-state index in [9.17, 15) is 9.18 Å². The Kier molecular flexibility index (Phi) is 5.39. The van der Waals surface area contributed by atoms with Gasteiger partial charge in [-0.2, -0.15) is 0 Å². The number of hydrogen-bond donors (Lipinski definition) is 0. The molecule has 0 saturated carbocycles. The van der Waals surface area contributed by atoms with Gasteiger partial charge in [0.05, 0.1) is 6.04 Å². The van der Waals surface area contributed by atoms with Gasteiger partial charge in [-0.15, -0.1) is 0 Å². The van der Waals surface area contributed by atoms with E-state index in [4.69, 9.17) is 27.9 Å². The maximum absolute atomic E-state index is 13.6. The summed E-state index contributed by atoms with van der Waals surface area (Å²) in [6.07, 6.45) is -0.543. The van der Waals surface area contributed by atoms with Crippen LogP contribution in [0.5, 0.6) is 0 Å². The zero-order valence-corrected chi connectivity index (χ0v) is 15.2. The lowest BCUT2D eigenvalue weighted by Gasteiger charge is -2.33. The Morgan fingerprint density at radius 2 is 2.00 bits per heavy atom. The summed E-state index contributed by atoms with van der Waals surface area (Å²) in [5.41, 5.74) is -0.147. The van der Waals surface area contributed by atoms with Gasteiger partial charge in [0.15, 0.2) is 4.84 Å². The molecule has 2 atom stereocenters. The van der Waals surface area contributed by atoms with Crippen LogP contribution in [-0.4, -0.2) is 34.1 Å². The first-order valence-corrected chi connectivity index (χ1v) is 8.33. The molecule has 1 aromatic carbocycles. The minimum atomic E-state index is -1.24. The number of halogens is 4. The van der Waals surface area contributed by atoms with Crippen LogP contribution in [0.15, 0.2) is 24.3 Å². The molecule has 0 aromatic heterocycles. The van der Waals surface area contributed by atoms with Crippen LogP contribution in [0.4, 0.5) is 4.39 Å². The number of carbonyl (C=O) groups excluding carboxylic acids is 1. The van der Waals surface area contributed by atoms with Crippen molar-refractivity contribution in [3.63, 3.8) is 0 Å². The zero-order valence-electron chi connectivity index (χ0n) is 11.5. The highest BCUT2D eigenvalue weighted by atomic mass is 127. The highest BCUT2D eigenvalue weighted by molar-refractivity contribution is 14.1. The summed E-state index contributed by atoms with van der Waals surface area (Å²) in [5, 5.41) is 0. The molecular formula is C14H15Cl2FINO2. The van der Waals surface area contributed by atoms with Gasteiger partial charge in [0.25, 0.3) is 5.91 Å². The molecule has 1 heterocycles. The second-order valence-corrected chi connectivity index (χ2v) is 7.61. The predicted molar refractivity (Wildman–Crippen MR) is 89.2 cm³/mol. The molecule has 1 unspecified atom stereocenters. The van der Waals surface area contributed by atoms with Crippen LogP contribution in [-0.2, 0) is 9.53 Å². The number of hydrogen-bond acceptors (Lipinski definition) is 2. The Labute approximate surface area is 146 Å².